The molecular formula is C18H25N3O3. The van der Waals surface area contributed by atoms with Gasteiger partial charge in [0, 0.05) is 37.3 Å². The molecule has 130 valence electrons. The summed E-state index contributed by atoms with van der Waals surface area (Å²) in [6.07, 6.45) is 4.39. The fourth-order valence-electron chi connectivity index (χ4n) is 3.48. The lowest BCUT2D eigenvalue weighted by molar-refractivity contribution is 0.0677. The van der Waals surface area contributed by atoms with E-state index in [0.717, 1.165) is 49.4 Å². The first-order chi connectivity index (χ1) is 11.6. The molecule has 3 heterocycles. The monoisotopic (exact) mass is 331 g/mol. The molecule has 2 aromatic rings. The molecule has 0 atom stereocenters. The number of nitrogens with zero attached hydrogens (tertiary/aromatic N) is 3. The number of amides is 1. The molecule has 0 unspecified atom stereocenters. The van der Waals surface area contributed by atoms with E-state index in [4.69, 9.17) is 9.52 Å². The highest BCUT2D eigenvalue weighted by molar-refractivity contribution is 5.91. The number of aryl methyl sites for hydroxylation is 2. The van der Waals surface area contributed by atoms with Crippen molar-refractivity contribution >= 4 is 5.91 Å². The van der Waals surface area contributed by atoms with Crippen LogP contribution in [0.1, 0.15) is 53.3 Å². The highest BCUT2D eigenvalue weighted by Crippen LogP contribution is 2.29. The van der Waals surface area contributed by atoms with Crippen molar-refractivity contribution in [1.29, 1.82) is 0 Å². The molecule has 24 heavy (non-hydrogen) atoms. The lowest BCUT2D eigenvalue weighted by atomic mass is 9.93. The molecule has 1 N–H and O–H groups in total. The third kappa shape index (κ3) is 3.24. The first-order valence-electron chi connectivity index (χ1n) is 8.65. The maximum atomic E-state index is 12.6. The average molecular weight is 331 g/mol. The van der Waals surface area contributed by atoms with Crippen LogP contribution in [0.5, 0.6) is 0 Å². The van der Waals surface area contributed by atoms with Crippen molar-refractivity contribution in [3.63, 3.8) is 0 Å². The minimum Gasteiger partial charge on any atom is -0.456 e. The first kappa shape index (κ1) is 16.8. The number of rotatable bonds is 5. The third-order valence-corrected chi connectivity index (χ3v) is 4.81. The van der Waals surface area contributed by atoms with Crippen molar-refractivity contribution in [2.24, 2.45) is 0 Å². The Labute approximate surface area is 142 Å². The number of piperidine rings is 1. The molecule has 0 bridgehead atoms. The molecule has 1 aliphatic rings. The minimum absolute atomic E-state index is 0.0138. The topological polar surface area (TPSA) is 71.5 Å². The van der Waals surface area contributed by atoms with Gasteiger partial charge in [0.15, 0.2) is 5.76 Å². The van der Waals surface area contributed by atoms with Crippen LogP contribution >= 0.6 is 0 Å². The van der Waals surface area contributed by atoms with Gasteiger partial charge in [0.05, 0.1) is 13.2 Å². The number of furan rings is 1. The zero-order valence-corrected chi connectivity index (χ0v) is 14.4. The molecule has 1 fully saturated rings. The Morgan fingerprint density at radius 2 is 2.17 bits per heavy atom. The number of carbonyl (C=O) groups excluding carboxylic acids is 1. The molecule has 0 saturated carbocycles. The largest absolute Gasteiger partial charge is 0.456 e. The van der Waals surface area contributed by atoms with E-state index in [-0.39, 0.29) is 12.5 Å². The summed E-state index contributed by atoms with van der Waals surface area (Å²) in [4.78, 5) is 14.5. The lowest BCUT2D eigenvalue weighted by Crippen LogP contribution is -2.38. The van der Waals surface area contributed by atoms with E-state index in [1.165, 1.54) is 0 Å². The zero-order valence-electron chi connectivity index (χ0n) is 14.4. The predicted octanol–water partition coefficient (Wildman–Crippen LogP) is 2.36. The van der Waals surface area contributed by atoms with Gasteiger partial charge in [0.25, 0.3) is 5.91 Å². The van der Waals surface area contributed by atoms with E-state index in [1.807, 2.05) is 35.6 Å². The third-order valence-electron chi connectivity index (χ3n) is 4.81. The fourth-order valence-corrected chi connectivity index (χ4v) is 3.48. The summed E-state index contributed by atoms with van der Waals surface area (Å²) in [6, 6.07) is 3.87. The number of aliphatic hydroxyl groups excluding tert-OH is 1. The van der Waals surface area contributed by atoms with Gasteiger partial charge in [-0.25, -0.2) is 0 Å². The Morgan fingerprint density at radius 3 is 2.79 bits per heavy atom. The summed E-state index contributed by atoms with van der Waals surface area (Å²) in [5.74, 6) is 1.71. The molecule has 0 aromatic carbocycles. The SMILES string of the molecule is CCc1oc(C(=O)N2CCC(c3ccnn3CCO)CC2)cc1C. The molecule has 1 aliphatic heterocycles. The van der Waals surface area contributed by atoms with E-state index in [1.54, 1.807) is 6.20 Å². The molecule has 0 aliphatic carbocycles. The minimum atomic E-state index is -0.0138. The smallest absolute Gasteiger partial charge is 0.289 e. The van der Waals surface area contributed by atoms with Crippen LogP contribution in [-0.4, -0.2) is 45.4 Å². The van der Waals surface area contributed by atoms with Gasteiger partial charge in [-0.2, -0.15) is 5.10 Å². The Kier molecular flexibility index (Phi) is 5.04. The van der Waals surface area contributed by atoms with Gasteiger partial charge in [0.1, 0.15) is 5.76 Å². The van der Waals surface area contributed by atoms with Crippen LogP contribution in [0.25, 0.3) is 0 Å². The van der Waals surface area contributed by atoms with Gasteiger partial charge in [-0.3, -0.25) is 9.48 Å². The molecular weight excluding hydrogens is 306 g/mol. The highest BCUT2D eigenvalue weighted by Gasteiger charge is 2.28. The Bertz CT molecular complexity index is 696. The van der Waals surface area contributed by atoms with Gasteiger partial charge >= 0.3 is 0 Å². The second-order valence-corrected chi connectivity index (χ2v) is 6.34. The summed E-state index contributed by atoms with van der Waals surface area (Å²) >= 11 is 0. The maximum absolute atomic E-state index is 12.6. The van der Waals surface area contributed by atoms with Crippen molar-refractivity contribution < 1.29 is 14.3 Å². The van der Waals surface area contributed by atoms with Crippen molar-refractivity contribution in [1.82, 2.24) is 14.7 Å². The number of hydrogen-bond donors (Lipinski definition) is 1. The van der Waals surface area contributed by atoms with Crippen molar-refractivity contribution in [3.05, 3.63) is 41.1 Å². The molecule has 1 amide bonds. The van der Waals surface area contributed by atoms with Crippen LogP contribution in [0.15, 0.2) is 22.7 Å². The maximum Gasteiger partial charge on any atom is 0.289 e. The zero-order chi connectivity index (χ0) is 17.1. The Balaban J connectivity index is 1.64. The Morgan fingerprint density at radius 1 is 1.42 bits per heavy atom. The number of carbonyl (C=O) groups is 1. The highest BCUT2D eigenvalue weighted by atomic mass is 16.4. The summed E-state index contributed by atoms with van der Waals surface area (Å²) in [5.41, 5.74) is 2.20. The Hall–Kier alpha value is -2.08. The molecule has 2 aromatic heterocycles. The molecule has 6 nitrogen and oxygen atoms in total. The van der Waals surface area contributed by atoms with Crippen molar-refractivity contribution in [3.8, 4) is 0 Å². The van der Waals surface area contributed by atoms with E-state index in [0.29, 0.717) is 18.2 Å². The van der Waals surface area contributed by atoms with Gasteiger partial charge in [-0.15, -0.1) is 0 Å². The van der Waals surface area contributed by atoms with E-state index in [2.05, 4.69) is 5.10 Å². The quantitative estimate of drug-likeness (QED) is 0.913. The van der Waals surface area contributed by atoms with Crippen LogP contribution in [0.3, 0.4) is 0 Å². The number of hydrogen-bond acceptors (Lipinski definition) is 4. The summed E-state index contributed by atoms with van der Waals surface area (Å²) < 4.78 is 7.56. The molecule has 1 saturated heterocycles. The van der Waals surface area contributed by atoms with Crippen LogP contribution in [-0.2, 0) is 13.0 Å². The van der Waals surface area contributed by atoms with Crippen LogP contribution in [0.4, 0.5) is 0 Å². The summed E-state index contributed by atoms with van der Waals surface area (Å²) in [6.45, 7) is 6.05. The molecule has 3 rings (SSSR count). The van der Waals surface area contributed by atoms with Crippen LogP contribution in [0.2, 0.25) is 0 Å². The number of aromatic nitrogens is 2. The normalized spacial score (nSPS) is 15.9. The van der Waals surface area contributed by atoms with E-state index >= 15 is 0 Å². The van der Waals surface area contributed by atoms with E-state index < -0.39 is 0 Å². The lowest BCUT2D eigenvalue weighted by Gasteiger charge is -2.31. The fraction of sp³-hybridized carbons (Fsp3) is 0.556. The van der Waals surface area contributed by atoms with Crippen LogP contribution in [0, 0.1) is 6.92 Å². The van der Waals surface area contributed by atoms with Gasteiger partial charge in [-0.1, -0.05) is 6.92 Å². The second kappa shape index (κ2) is 7.21. The number of aliphatic hydroxyl groups is 1. The van der Waals surface area contributed by atoms with Gasteiger partial charge in [-0.05, 0) is 37.5 Å². The average Bonchev–Trinajstić information content (AvgIpc) is 3.21. The molecule has 0 spiro atoms. The van der Waals surface area contributed by atoms with Gasteiger partial charge in [0.2, 0.25) is 0 Å². The predicted molar refractivity (Wildman–Crippen MR) is 90.0 cm³/mol. The molecule has 6 heteroatoms. The van der Waals surface area contributed by atoms with Gasteiger partial charge < -0.3 is 14.4 Å². The first-order valence-corrected chi connectivity index (χ1v) is 8.65. The standard InChI is InChI=1S/C18H25N3O3/c1-3-16-13(2)12-17(24-16)18(23)20-8-5-14(6-9-20)15-4-7-19-21(15)10-11-22/h4,7,12,14,22H,3,5-6,8-11H2,1-2H3. The van der Waals surface area contributed by atoms with E-state index in [9.17, 15) is 4.79 Å². The summed E-state index contributed by atoms with van der Waals surface area (Å²) in [5, 5.41) is 13.4. The van der Waals surface area contributed by atoms with Crippen molar-refractivity contribution in [2.75, 3.05) is 19.7 Å². The number of likely N-dealkylation sites (tertiary alicyclic amines) is 1. The van der Waals surface area contributed by atoms with Crippen LogP contribution < -0.4 is 0 Å². The molecule has 0 radical (unpaired) electrons. The second-order valence-electron chi connectivity index (χ2n) is 6.34. The van der Waals surface area contributed by atoms with Crippen molar-refractivity contribution in [2.45, 2.75) is 45.6 Å². The summed E-state index contributed by atoms with van der Waals surface area (Å²) in [7, 11) is 0.